The van der Waals surface area contributed by atoms with E-state index in [4.69, 9.17) is 28.4 Å². The first-order valence-electron chi connectivity index (χ1n) is 24.4. The van der Waals surface area contributed by atoms with E-state index in [1.807, 2.05) is 18.2 Å². The van der Waals surface area contributed by atoms with Gasteiger partial charge in [0.1, 0.15) is 55.4 Å². The Morgan fingerprint density at radius 3 is 1.46 bits per heavy atom. The Hall–Kier alpha value is -2.80. The minimum absolute atomic E-state index is 0.0676. The summed E-state index contributed by atoms with van der Waals surface area (Å²) in [5, 5.41) is 71.9. The summed E-state index contributed by atoms with van der Waals surface area (Å²) < 4.78 is 33.4. The largest absolute Gasteiger partial charge is 0.462 e. The molecule has 2 aliphatic rings. The zero-order valence-electron chi connectivity index (χ0n) is 39.2. The summed E-state index contributed by atoms with van der Waals surface area (Å²) in [6.45, 7) is 2.36. The average Bonchev–Trinajstić information content (AvgIpc) is 3.30. The van der Waals surface area contributed by atoms with Gasteiger partial charge in [-0.3, -0.25) is 9.59 Å². The third kappa shape index (κ3) is 25.8. The minimum atomic E-state index is -1.78. The second-order valence-corrected chi connectivity index (χ2v) is 16.9. The van der Waals surface area contributed by atoms with Crippen molar-refractivity contribution >= 4 is 11.9 Å². The highest BCUT2D eigenvalue weighted by Gasteiger charge is 2.47. The Kier molecular flexibility index (Phi) is 33.4. The van der Waals surface area contributed by atoms with Crippen molar-refractivity contribution in [1.82, 2.24) is 0 Å². The van der Waals surface area contributed by atoms with Crippen LogP contribution in [0.2, 0.25) is 0 Å². The van der Waals surface area contributed by atoms with E-state index < -0.39 is 99.3 Å². The monoisotopic (exact) mass is 925 g/mol. The van der Waals surface area contributed by atoms with E-state index in [9.17, 15) is 45.3 Å². The van der Waals surface area contributed by atoms with Gasteiger partial charge >= 0.3 is 11.9 Å². The van der Waals surface area contributed by atoms with Crippen molar-refractivity contribution in [3.8, 4) is 0 Å². The Morgan fingerprint density at radius 1 is 0.508 bits per heavy atom. The van der Waals surface area contributed by atoms with E-state index in [0.717, 1.165) is 44.9 Å². The van der Waals surface area contributed by atoms with Crippen LogP contribution < -0.4 is 0 Å². The minimum Gasteiger partial charge on any atom is -0.462 e. The van der Waals surface area contributed by atoms with Gasteiger partial charge in [0.2, 0.25) is 0 Å². The molecule has 0 aliphatic carbocycles. The molecular weight excluding hydrogens is 841 g/mol. The van der Waals surface area contributed by atoms with Gasteiger partial charge in [0, 0.05) is 6.42 Å². The molecule has 2 saturated heterocycles. The Bertz CT molecular complexity index is 1370. The maximum atomic E-state index is 12.9. The maximum Gasteiger partial charge on any atom is 0.310 e. The van der Waals surface area contributed by atoms with Crippen molar-refractivity contribution in [2.45, 2.75) is 216 Å². The average molecular weight is 925 g/mol. The van der Waals surface area contributed by atoms with Crippen LogP contribution in [0.5, 0.6) is 0 Å². The molecule has 0 amide bonds. The van der Waals surface area contributed by atoms with Crippen LogP contribution in [-0.4, -0.2) is 142 Å². The van der Waals surface area contributed by atoms with Gasteiger partial charge in [0.25, 0.3) is 0 Å². The predicted molar refractivity (Wildman–Crippen MR) is 247 cm³/mol. The lowest BCUT2D eigenvalue weighted by molar-refractivity contribution is -0.332. The Morgan fingerprint density at radius 2 is 0.954 bits per heavy atom. The number of carbonyl (C=O) groups excluding carboxylic acids is 2. The zero-order valence-corrected chi connectivity index (χ0v) is 39.2. The number of ether oxygens (including phenoxy) is 6. The van der Waals surface area contributed by atoms with E-state index in [1.54, 1.807) is 6.08 Å². The number of carbonyl (C=O) groups is 2. The summed E-state index contributed by atoms with van der Waals surface area (Å²) in [7, 11) is 0. The van der Waals surface area contributed by atoms with Crippen LogP contribution in [0.4, 0.5) is 0 Å². The van der Waals surface area contributed by atoms with Gasteiger partial charge in [0.05, 0.1) is 26.2 Å². The molecule has 0 radical (unpaired) electrons. The summed E-state index contributed by atoms with van der Waals surface area (Å²) in [6.07, 6.45) is 24.3. The SMILES string of the molecule is CC/C=C\C/C=C\C/C=C\C/C=C\C/C=C\CC(=O)OC(COC(=O)CCCCCCCCCCCCCCCC)COC1OC(COC2OC(CO)C(O)C(O)C2O)C(O)C(O)C1O. The fourth-order valence-electron chi connectivity index (χ4n) is 7.29. The molecule has 2 rings (SSSR count). The molecule has 7 N–H and O–H groups in total. The highest BCUT2D eigenvalue weighted by atomic mass is 16.7. The second kappa shape index (κ2) is 37.2. The number of aliphatic hydroxyl groups excluding tert-OH is 7. The van der Waals surface area contributed by atoms with E-state index in [-0.39, 0.29) is 19.4 Å². The molecular formula is C50H84O15. The van der Waals surface area contributed by atoms with Crippen LogP contribution >= 0.6 is 0 Å². The lowest BCUT2D eigenvalue weighted by Crippen LogP contribution is -2.61. The molecule has 11 unspecified atom stereocenters. The van der Waals surface area contributed by atoms with E-state index in [0.29, 0.717) is 12.8 Å². The molecule has 0 bridgehead atoms. The number of unbranched alkanes of at least 4 members (excludes halogenated alkanes) is 13. The molecule has 2 aliphatic heterocycles. The van der Waals surface area contributed by atoms with Crippen LogP contribution in [0.3, 0.4) is 0 Å². The molecule has 15 heteroatoms. The van der Waals surface area contributed by atoms with Crippen molar-refractivity contribution < 1.29 is 73.8 Å². The fraction of sp³-hybridized carbons (Fsp3) is 0.760. The first kappa shape index (κ1) is 58.3. The standard InChI is InChI=1S/C50H84O15/c1-3-5-7-9-11-13-15-17-19-21-23-25-27-29-31-33-42(53)63-38(35-60-41(52)32-30-28-26-24-22-20-18-16-14-12-10-8-6-4-2)36-61-49-48(59)46(57)44(55)40(65-49)37-62-50-47(58)45(56)43(54)39(34-51)64-50/h5,7,11,13,17,19,23,25,29,31,38-40,43-51,54-59H,3-4,6,8-10,12,14-16,18,20-22,24,26-28,30,32-37H2,1-2H3/b7-5-,13-11-,19-17-,25-23-,31-29-. The summed E-state index contributed by atoms with van der Waals surface area (Å²) in [5.74, 6) is -1.07. The van der Waals surface area contributed by atoms with Crippen LogP contribution in [-0.2, 0) is 38.0 Å². The maximum absolute atomic E-state index is 12.9. The number of aliphatic hydroxyl groups is 7. The second-order valence-electron chi connectivity index (χ2n) is 16.9. The summed E-state index contributed by atoms with van der Waals surface area (Å²) in [5.41, 5.74) is 0. The van der Waals surface area contributed by atoms with Crippen molar-refractivity contribution in [1.29, 1.82) is 0 Å². The van der Waals surface area contributed by atoms with Crippen LogP contribution in [0.25, 0.3) is 0 Å². The third-order valence-electron chi connectivity index (χ3n) is 11.3. The van der Waals surface area contributed by atoms with E-state index in [1.165, 1.54) is 64.2 Å². The highest BCUT2D eigenvalue weighted by molar-refractivity contribution is 5.71. The van der Waals surface area contributed by atoms with Crippen molar-refractivity contribution in [2.24, 2.45) is 0 Å². The Balaban J connectivity index is 1.87. The summed E-state index contributed by atoms with van der Waals surface area (Å²) in [6, 6.07) is 0. The number of esters is 2. The lowest BCUT2D eigenvalue weighted by atomic mass is 9.98. The van der Waals surface area contributed by atoms with E-state index >= 15 is 0 Å². The van der Waals surface area contributed by atoms with Crippen molar-refractivity contribution in [3.63, 3.8) is 0 Å². The molecule has 0 aromatic rings. The third-order valence-corrected chi connectivity index (χ3v) is 11.3. The molecule has 15 nitrogen and oxygen atoms in total. The van der Waals surface area contributed by atoms with Crippen LogP contribution in [0.1, 0.15) is 149 Å². The van der Waals surface area contributed by atoms with Crippen molar-refractivity contribution in [3.05, 3.63) is 60.8 Å². The fourth-order valence-corrected chi connectivity index (χ4v) is 7.29. The number of allylic oxidation sites excluding steroid dienone is 9. The van der Waals surface area contributed by atoms with Gasteiger partial charge < -0.3 is 64.2 Å². The quantitative estimate of drug-likeness (QED) is 0.0214. The number of hydrogen-bond acceptors (Lipinski definition) is 15. The summed E-state index contributed by atoms with van der Waals surface area (Å²) >= 11 is 0. The van der Waals surface area contributed by atoms with Crippen molar-refractivity contribution in [2.75, 3.05) is 26.4 Å². The highest BCUT2D eigenvalue weighted by Crippen LogP contribution is 2.26. The Labute approximate surface area is 388 Å². The van der Waals surface area contributed by atoms with Gasteiger partial charge in [-0.25, -0.2) is 0 Å². The smallest absolute Gasteiger partial charge is 0.310 e. The molecule has 2 fully saturated rings. The molecule has 2 heterocycles. The van der Waals surface area contributed by atoms with Gasteiger partial charge in [-0.2, -0.15) is 0 Å². The summed E-state index contributed by atoms with van der Waals surface area (Å²) in [4.78, 5) is 25.6. The van der Waals surface area contributed by atoms with Gasteiger partial charge in [-0.1, -0.05) is 158 Å². The molecule has 0 spiro atoms. The first-order chi connectivity index (χ1) is 31.5. The first-order valence-corrected chi connectivity index (χ1v) is 24.4. The molecule has 11 atom stereocenters. The lowest BCUT2D eigenvalue weighted by Gasteiger charge is -2.42. The molecule has 374 valence electrons. The zero-order chi connectivity index (χ0) is 47.5. The molecule has 0 saturated carbocycles. The van der Waals surface area contributed by atoms with Gasteiger partial charge in [-0.15, -0.1) is 0 Å². The normalized spacial score (nSPS) is 26.9. The van der Waals surface area contributed by atoms with E-state index in [2.05, 4.69) is 50.3 Å². The molecule has 65 heavy (non-hydrogen) atoms. The van der Waals surface area contributed by atoms with Crippen LogP contribution in [0.15, 0.2) is 60.8 Å². The molecule has 0 aromatic heterocycles. The van der Waals surface area contributed by atoms with Crippen LogP contribution in [0, 0.1) is 0 Å². The molecule has 0 aromatic carbocycles. The number of hydrogen-bond donors (Lipinski definition) is 7. The number of rotatable bonds is 36. The van der Waals surface area contributed by atoms with Gasteiger partial charge in [0.15, 0.2) is 18.7 Å². The predicted octanol–water partition coefficient (Wildman–Crippen LogP) is 6.10. The topological polar surface area (TPSA) is 231 Å². The van der Waals surface area contributed by atoms with Gasteiger partial charge in [-0.05, 0) is 38.5 Å².